The van der Waals surface area contributed by atoms with E-state index in [1.165, 1.54) is 12.1 Å². The van der Waals surface area contributed by atoms with Crippen molar-refractivity contribution in [2.24, 2.45) is 0 Å². The van der Waals surface area contributed by atoms with Gasteiger partial charge in [0.25, 0.3) is 0 Å². The van der Waals surface area contributed by atoms with Gasteiger partial charge in [0.2, 0.25) is 0 Å². The molecular formula is C13H20FNO. The molecule has 0 aliphatic rings. The van der Waals surface area contributed by atoms with Crippen molar-refractivity contribution in [2.45, 2.75) is 31.9 Å². The maximum Gasteiger partial charge on any atom is 0.123 e. The van der Waals surface area contributed by atoms with Gasteiger partial charge >= 0.3 is 0 Å². The zero-order valence-corrected chi connectivity index (χ0v) is 10.2. The zero-order valence-electron chi connectivity index (χ0n) is 10.2. The van der Waals surface area contributed by atoms with Crippen molar-refractivity contribution in [1.82, 2.24) is 5.32 Å². The highest BCUT2D eigenvalue weighted by molar-refractivity contribution is 5.17. The molecular weight excluding hydrogens is 205 g/mol. The van der Waals surface area contributed by atoms with Gasteiger partial charge in [-0.25, -0.2) is 4.39 Å². The van der Waals surface area contributed by atoms with Gasteiger partial charge in [0, 0.05) is 13.2 Å². The lowest BCUT2D eigenvalue weighted by atomic mass is 10.0. The van der Waals surface area contributed by atoms with Gasteiger partial charge in [-0.15, -0.1) is 0 Å². The predicted octanol–water partition coefficient (Wildman–Crippen LogP) is 2.38. The molecule has 0 saturated carbocycles. The van der Waals surface area contributed by atoms with Crippen molar-refractivity contribution >= 4 is 0 Å². The third-order valence-electron chi connectivity index (χ3n) is 2.82. The summed E-state index contributed by atoms with van der Waals surface area (Å²) in [6, 6.07) is 7.03. The first kappa shape index (κ1) is 13.1. The summed E-state index contributed by atoms with van der Waals surface area (Å²) in [5, 5.41) is 3.26. The standard InChI is InChI=1S/C13H20FNO/c1-10(16-3)8-13(15-2)9-11-4-6-12(14)7-5-11/h4-7,10,13,15H,8-9H2,1-3H3. The predicted molar refractivity (Wildman–Crippen MR) is 64.0 cm³/mol. The van der Waals surface area contributed by atoms with Crippen molar-refractivity contribution < 1.29 is 9.13 Å². The summed E-state index contributed by atoms with van der Waals surface area (Å²) in [6.07, 6.45) is 2.08. The number of benzene rings is 1. The molecule has 0 aliphatic carbocycles. The van der Waals surface area contributed by atoms with Crippen LogP contribution in [0.4, 0.5) is 4.39 Å². The highest BCUT2D eigenvalue weighted by Gasteiger charge is 2.11. The number of ether oxygens (including phenoxy) is 1. The Bertz CT molecular complexity index is 299. The normalized spacial score (nSPS) is 14.8. The Labute approximate surface area is 96.8 Å². The van der Waals surface area contributed by atoms with E-state index in [0.29, 0.717) is 6.04 Å². The van der Waals surface area contributed by atoms with Crippen LogP contribution < -0.4 is 5.32 Å². The largest absolute Gasteiger partial charge is 0.382 e. The molecule has 0 radical (unpaired) electrons. The van der Waals surface area contributed by atoms with E-state index in [0.717, 1.165) is 18.4 Å². The molecule has 0 fully saturated rings. The summed E-state index contributed by atoms with van der Waals surface area (Å²) in [6.45, 7) is 2.05. The molecule has 16 heavy (non-hydrogen) atoms. The van der Waals surface area contributed by atoms with Crippen LogP contribution in [-0.2, 0) is 11.2 Å². The minimum absolute atomic E-state index is 0.185. The lowest BCUT2D eigenvalue weighted by Gasteiger charge is -2.19. The molecule has 0 aliphatic heterocycles. The second kappa shape index (κ2) is 6.61. The number of rotatable bonds is 6. The van der Waals surface area contributed by atoms with Crippen LogP contribution in [-0.4, -0.2) is 26.3 Å². The zero-order chi connectivity index (χ0) is 12.0. The molecule has 0 bridgehead atoms. The third-order valence-corrected chi connectivity index (χ3v) is 2.82. The van der Waals surface area contributed by atoms with Crippen LogP contribution in [0, 0.1) is 5.82 Å². The molecule has 1 aromatic rings. The summed E-state index contributed by atoms with van der Waals surface area (Å²) in [5.41, 5.74) is 1.14. The first-order chi connectivity index (χ1) is 7.65. The molecule has 2 unspecified atom stereocenters. The molecule has 1 rings (SSSR count). The van der Waals surface area contributed by atoms with Gasteiger partial charge in [-0.05, 0) is 44.5 Å². The van der Waals surface area contributed by atoms with Crippen LogP contribution in [0.15, 0.2) is 24.3 Å². The molecule has 2 nitrogen and oxygen atoms in total. The van der Waals surface area contributed by atoms with Crippen LogP contribution in [0.3, 0.4) is 0 Å². The van der Waals surface area contributed by atoms with Gasteiger partial charge in [-0.3, -0.25) is 0 Å². The molecule has 1 N–H and O–H groups in total. The van der Waals surface area contributed by atoms with E-state index in [-0.39, 0.29) is 11.9 Å². The lowest BCUT2D eigenvalue weighted by molar-refractivity contribution is 0.101. The fourth-order valence-electron chi connectivity index (χ4n) is 1.71. The van der Waals surface area contributed by atoms with Crippen molar-refractivity contribution in [1.29, 1.82) is 0 Å². The van der Waals surface area contributed by atoms with E-state index >= 15 is 0 Å². The lowest BCUT2D eigenvalue weighted by Crippen LogP contribution is -2.31. The average molecular weight is 225 g/mol. The second-order valence-corrected chi connectivity index (χ2v) is 4.10. The molecule has 0 aromatic heterocycles. The Morgan fingerprint density at radius 3 is 2.44 bits per heavy atom. The van der Waals surface area contributed by atoms with Crippen molar-refractivity contribution in [3.05, 3.63) is 35.6 Å². The first-order valence-electron chi connectivity index (χ1n) is 5.60. The van der Waals surface area contributed by atoms with Crippen LogP contribution in [0.5, 0.6) is 0 Å². The monoisotopic (exact) mass is 225 g/mol. The molecule has 0 amide bonds. The number of methoxy groups -OCH3 is 1. The molecule has 2 atom stereocenters. The number of likely N-dealkylation sites (N-methyl/N-ethyl adjacent to an activating group) is 1. The molecule has 0 heterocycles. The van der Waals surface area contributed by atoms with E-state index < -0.39 is 0 Å². The Balaban J connectivity index is 2.52. The van der Waals surface area contributed by atoms with E-state index in [1.54, 1.807) is 7.11 Å². The van der Waals surface area contributed by atoms with Crippen molar-refractivity contribution in [3.63, 3.8) is 0 Å². The first-order valence-corrected chi connectivity index (χ1v) is 5.60. The summed E-state index contributed by atoms with van der Waals surface area (Å²) in [7, 11) is 3.66. The Morgan fingerprint density at radius 2 is 1.94 bits per heavy atom. The highest BCUT2D eigenvalue weighted by atomic mass is 19.1. The number of nitrogens with one attached hydrogen (secondary N) is 1. The summed E-state index contributed by atoms with van der Waals surface area (Å²) in [4.78, 5) is 0. The van der Waals surface area contributed by atoms with E-state index in [2.05, 4.69) is 12.2 Å². The van der Waals surface area contributed by atoms with E-state index in [4.69, 9.17) is 4.74 Å². The van der Waals surface area contributed by atoms with Gasteiger partial charge in [-0.2, -0.15) is 0 Å². The fraction of sp³-hybridized carbons (Fsp3) is 0.538. The van der Waals surface area contributed by atoms with Crippen LogP contribution in [0.25, 0.3) is 0 Å². The van der Waals surface area contributed by atoms with Gasteiger partial charge in [0.15, 0.2) is 0 Å². The third kappa shape index (κ3) is 4.29. The Morgan fingerprint density at radius 1 is 1.31 bits per heavy atom. The molecule has 0 saturated heterocycles. The minimum atomic E-state index is -0.185. The topological polar surface area (TPSA) is 21.3 Å². The quantitative estimate of drug-likeness (QED) is 0.802. The Kier molecular flexibility index (Phi) is 5.43. The molecule has 0 spiro atoms. The SMILES string of the molecule is CNC(Cc1ccc(F)cc1)CC(C)OC. The summed E-state index contributed by atoms with van der Waals surface area (Å²) >= 11 is 0. The van der Waals surface area contributed by atoms with Gasteiger partial charge < -0.3 is 10.1 Å². The van der Waals surface area contributed by atoms with Crippen LogP contribution in [0.2, 0.25) is 0 Å². The smallest absolute Gasteiger partial charge is 0.123 e. The number of hydrogen-bond donors (Lipinski definition) is 1. The molecule has 90 valence electrons. The molecule has 3 heteroatoms. The van der Waals surface area contributed by atoms with Gasteiger partial charge in [0.1, 0.15) is 5.82 Å². The summed E-state index contributed by atoms with van der Waals surface area (Å²) < 4.78 is 18.0. The Hall–Kier alpha value is -0.930. The molecule has 1 aromatic carbocycles. The number of halogens is 1. The van der Waals surface area contributed by atoms with Crippen LogP contribution >= 0.6 is 0 Å². The van der Waals surface area contributed by atoms with Crippen molar-refractivity contribution in [2.75, 3.05) is 14.2 Å². The number of hydrogen-bond acceptors (Lipinski definition) is 2. The maximum absolute atomic E-state index is 12.7. The maximum atomic E-state index is 12.7. The second-order valence-electron chi connectivity index (χ2n) is 4.10. The van der Waals surface area contributed by atoms with Crippen molar-refractivity contribution in [3.8, 4) is 0 Å². The van der Waals surface area contributed by atoms with Crippen LogP contribution in [0.1, 0.15) is 18.9 Å². The van der Waals surface area contributed by atoms with Gasteiger partial charge in [0.05, 0.1) is 6.10 Å². The summed E-state index contributed by atoms with van der Waals surface area (Å²) in [5.74, 6) is -0.185. The van der Waals surface area contributed by atoms with E-state index in [1.807, 2.05) is 19.2 Å². The fourth-order valence-corrected chi connectivity index (χ4v) is 1.71. The van der Waals surface area contributed by atoms with E-state index in [9.17, 15) is 4.39 Å². The highest BCUT2D eigenvalue weighted by Crippen LogP contribution is 2.10. The van der Waals surface area contributed by atoms with Gasteiger partial charge in [-0.1, -0.05) is 12.1 Å². The minimum Gasteiger partial charge on any atom is -0.382 e. The average Bonchev–Trinajstić information content (AvgIpc) is 2.30.